The van der Waals surface area contributed by atoms with Crippen molar-refractivity contribution in [1.82, 2.24) is 9.80 Å². The first kappa shape index (κ1) is 37.1. The van der Waals surface area contributed by atoms with Crippen molar-refractivity contribution in [1.29, 1.82) is 0 Å². The highest BCUT2D eigenvalue weighted by Crippen LogP contribution is 2.37. The van der Waals surface area contributed by atoms with Gasteiger partial charge in [-0.1, -0.05) is 34.6 Å². The molecule has 2 saturated heterocycles. The number of hydrogen-bond acceptors (Lipinski definition) is 6. The third-order valence-corrected chi connectivity index (χ3v) is 10.8. The normalized spacial score (nSPS) is 26.8. The van der Waals surface area contributed by atoms with Crippen LogP contribution in [0.5, 0.6) is 0 Å². The lowest BCUT2D eigenvalue weighted by Crippen LogP contribution is -2.41. The molecule has 14 heteroatoms. The molecular formula is C34H40Br2F6N4O2. The summed E-state index contributed by atoms with van der Waals surface area (Å²) < 4.78 is 79.2. The van der Waals surface area contributed by atoms with Crippen LogP contribution in [0.1, 0.15) is 86.7 Å². The zero-order valence-corrected chi connectivity index (χ0v) is 30.0. The summed E-state index contributed by atoms with van der Waals surface area (Å²) in [5.41, 5.74) is 0.235. The average Bonchev–Trinajstić information content (AvgIpc) is 3.72. The molecule has 48 heavy (non-hydrogen) atoms. The minimum Gasteiger partial charge on any atom is -0.391 e. The Kier molecular flexibility index (Phi) is 12.2. The first-order chi connectivity index (χ1) is 22.7. The summed E-state index contributed by atoms with van der Waals surface area (Å²) >= 11 is 6.71. The summed E-state index contributed by atoms with van der Waals surface area (Å²) in [7, 11) is 0. The van der Waals surface area contributed by atoms with Crippen LogP contribution in [0.25, 0.3) is 0 Å². The lowest BCUT2D eigenvalue weighted by atomic mass is 9.89. The lowest BCUT2D eigenvalue weighted by Gasteiger charge is -2.38. The molecule has 0 spiro atoms. The fourth-order valence-corrected chi connectivity index (χ4v) is 7.80. The van der Waals surface area contributed by atoms with Crippen molar-refractivity contribution >= 4 is 41.1 Å². The third kappa shape index (κ3) is 9.54. The molecule has 0 aromatic heterocycles. The minimum atomic E-state index is -4.30. The molecule has 264 valence electrons. The Morgan fingerprint density at radius 1 is 0.688 bits per heavy atom. The van der Waals surface area contributed by atoms with Crippen molar-refractivity contribution in [3.05, 3.63) is 70.8 Å². The average molecular weight is 811 g/mol. The van der Waals surface area contributed by atoms with E-state index in [2.05, 4.69) is 52.0 Å². The summed E-state index contributed by atoms with van der Waals surface area (Å²) in [6, 6.07) is 11.2. The van der Waals surface area contributed by atoms with Crippen molar-refractivity contribution in [3.8, 4) is 0 Å². The predicted octanol–water partition coefficient (Wildman–Crippen LogP) is 9.95. The highest BCUT2D eigenvalue weighted by atomic mass is 79.9. The van der Waals surface area contributed by atoms with Crippen molar-refractivity contribution in [3.63, 3.8) is 0 Å². The number of alkyl halides is 6. The van der Waals surface area contributed by atoms with Gasteiger partial charge in [-0.3, -0.25) is 9.80 Å². The first-order valence-corrected chi connectivity index (χ1v) is 17.9. The summed E-state index contributed by atoms with van der Waals surface area (Å²) in [5.74, 6) is 0.705. The van der Waals surface area contributed by atoms with Gasteiger partial charge in [-0.05, 0) is 120 Å². The second-order valence-electron chi connectivity index (χ2n) is 13.0. The number of nitrogens with zero attached hydrogens (tertiary/aromatic N) is 4. The van der Waals surface area contributed by atoms with Gasteiger partial charge in [-0.2, -0.15) is 26.3 Å². The summed E-state index contributed by atoms with van der Waals surface area (Å²) in [5, 5.41) is 7.90. The van der Waals surface area contributed by atoms with Crippen LogP contribution in [0.15, 0.2) is 58.8 Å². The molecular weight excluding hydrogens is 770 g/mol. The number of likely N-dealkylation sites (tertiary alicyclic amines) is 2. The summed E-state index contributed by atoms with van der Waals surface area (Å²) in [6.45, 7) is 7.36. The fraction of sp³-hybridized carbons (Fsp3) is 0.588. The summed E-state index contributed by atoms with van der Waals surface area (Å²) in [6.07, 6.45) is -2.77. The number of hydrogen-bond donors (Lipinski definition) is 0. The van der Waals surface area contributed by atoms with Crippen LogP contribution in [0.3, 0.4) is 0 Å². The van der Waals surface area contributed by atoms with Gasteiger partial charge in [0.2, 0.25) is 0 Å². The number of rotatable bonds is 6. The van der Waals surface area contributed by atoms with Gasteiger partial charge in [-0.15, -0.1) is 0 Å². The molecule has 0 unspecified atom stereocenters. The van der Waals surface area contributed by atoms with E-state index in [0.717, 1.165) is 86.1 Å². The molecule has 2 fully saturated rings. The number of benzene rings is 2. The van der Waals surface area contributed by atoms with Gasteiger partial charge in [-0.25, -0.2) is 0 Å². The molecule has 2 aromatic rings. The van der Waals surface area contributed by atoms with E-state index in [4.69, 9.17) is 9.68 Å². The van der Waals surface area contributed by atoms with E-state index in [1.807, 2.05) is 13.8 Å². The molecule has 2 aromatic carbocycles. The van der Waals surface area contributed by atoms with Gasteiger partial charge < -0.3 is 9.68 Å². The molecule has 0 N–H and O–H groups in total. The van der Waals surface area contributed by atoms with E-state index in [1.54, 1.807) is 12.1 Å². The van der Waals surface area contributed by atoms with Crippen LogP contribution < -0.4 is 0 Å². The maximum absolute atomic E-state index is 12.9. The Labute approximate surface area is 294 Å². The monoisotopic (exact) mass is 808 g/mol. The Morgan fingerprint density at radius 2 is 1.08 bits per heavy atom. The van der Waals surface area contributed by atoms with Crippen molar-refractivity contribution in [2.75, 3.05) is 26.2 Å². The van der Waals surface area contributed by atoms with E-state index >= 15 is 0 Å². The molecule has 0 radical (unpaired) electrons. The van der Waals surface area contributed by atoms with E-state index in [0.29, 0.717) is 23.0 Å². The van der Waals surface area contributed by atoms with Gasteiger partial charge in [0.15, 0.2) is 0 Å². The molecule has 6 atom stereocenters. The first-order valence-electron chi connectivity index (χ1n) is 16.3. The van der Waals surface area contributed by atoms with Crippen molar-refractivity contribution < 1.29 is 36.0 Å². The SMILES string of the molecule is C[C@@H](c1cccc(C(F)(F)F)c1)N1CCC[C@@H]([C@@H]2CC(Br)=NO2)C1.C[C@H](c1cccc(C(F)(F)F)c1)N1CCC[C@@H]([C@@H]2CC(Br)=NO2)C1. The molecule has 0 bridgehead atoms. The van der Waals surface area contributed by atoms with Gasteiger partial charge in [0.25, 0.3) is 0 Å². The number of halogens is 8. The topological polar surface area (TPSA) is 49.7 Å². The predicted molar refractivity (Wildman–Crippen MR) is 180 cm³/mol. The van der Waals surface area contributed by atoms with Crippen LogP contribution in [0.2, 0.25) is 0 Å². The maximum Gasteiger partial charge on any atom is 0.416 e. The highest BCUT2D eigenvalue weighted by Gasteiger charge is 2.37. The zero-order valence-electron chi connectivity index (χ0n) is 26.8. The number of piperidine rings is 2. The molecule has 6 rings (SSSR count). The zero-order chi connectivity index (χ0) is 34.6. The van der Waals surface area contributed by atoms with E-state index < -0.39 is 23.5 Å². The molecule has 6 nitrogen and oxygen atoms in total. The van der Waals surface area contributed by atoms with Gasteiger partial charge in [0, 0.05) is 49.9 Å². The number of oxime groups is 2. The van der Waals surface area contributed by atoms with Crippen molar-refractivity contribution in [2.24, 2.45) is 22.1 Å². The van der Waals surface area contributed by atoms with Gasteiger partial charge in [0.1, 0.15) is 21.4 Å². The molecule has 4 aliphatic heterocycles. The Morgan fingerprint density at radius 3 is 1.42 bits per heavy atom. The van der Waals surface area contributed by atoms with Gasteiger partial charge >= 0.3 is 12.4 Å². The van der Waals surface area contributed by atoms with Crippen LogP contribution in [-0.4, -0.2) is 57.4 Å². The quantitative estimate of drug-likeness (QED) is 0.273. The van der Waals surface area contributed by atoms with Crippen LogP contribution in [-0.2, 0) is 22.0 Å². The lowest BCUT2D eigenvalue weighted by molar-refractivity contribution is -0.138. The second kappa shape index (κ2) is 15.8. The van der Waals surface area contributed by atoms with E-state index in [-0.39, 0.29) is 24.3 Å². The Hall–Kier alpha value is -2.16. The van der Waals surface area contributed by atoms with Crippen LogP contribution >= 0.6 is 31.9 Å². The minimum absolute atomic E-state index is 0.0548. The molecule has 4 aliphatic rings. The standard InChI is InChI=1S/2C17H20BrF3N2O/c2*1-11(12-4-2-6-14(8-12)17(19,20)21)23-7-3-5-13(10-23)15-9-16(18)22-24-15/h2*2,4,6,8,11,13,15H,3,5,7,9-10H2,1H3/t11-,13+,15-;11-,13-,15+/m01/s1. The molecule has 0 saturated carbocycles. The fourth-order valence-electron chi connectivity index (χ4n) is 7.00. The summed E-state index contributed by atoms with van der Waals surface area (Å²) in [4.78, 5) is 15.4. The van der Waals surface area contributed by atoms with Gasteiger partial charge in [0.05, 0.1) is 11.1 Å². The maximum atomic E-state index is 12.9. The van der Waals surface area contributed by atoms with E-state index in [9.17, 15) is 26.3 Å². The van der Waals surface area contributed by atoms with Crippen molar-refractivity contribution in [2.45, 2.75) is 89.0 Å². The molecule has 0 amide bonds. The largest absolute Gasteiger partial charge is 0.416 e. The Balaban J connectivity index is 0.000000188. The second-order valence-corrected chi connectivity index (χ2v) is 14.9. The van der Waals surface area contributed by atoms with Crippen LogP contribution in [0.4, 0.5) is 26.3 Å². The molecule has 4 heterocycles. The van der Waals surface area contributed by atoms with E-state index in [1.165, 1.54) is 24.3 Å². The van der Waals surface area contributed by atoms with Crippen LogP contribution in [0, 0.1) is 11.8 Å². The molecule has 0 aliphatic carbocycles. The third-order valence-electron chi connectivity index (χ3n) is 9.83. The Bertz CT molecular complexity index is 1350. The highest BCUT2D eigenvalue weighted by molar-refractivity contribution is 9.18. The smallest absolute Gasteiger partial charge is 0.391 e.